The first-order chi connectivity index (χ1) is 14.2. The number of nitrogens with two attached hydrogens (primary N) is 1. The van der Waals surface area contributed by atoms with E-state index in [-0.39, 0.29) is 11.5 Å². The fourth-order valence-corrected chi connectivity index (χ4v) is 4.79. The van der Waals surface area contributed by atoms with Crippen molar-refractivity contribution in [1.82, 2.24) is 19.9 Å². The van der Waals surface area contributed by atoms with Crippen LogP contribution in [-0.2, 0) is 26.2 Å². The Bertz CT molecular complexity index is 1010. The van der Waals surface area contributed by atoms with Gasteiger partial charge in [0.1, 0.15) is 11.4 Å². The molecule has 10 heteroatoms. The topological polar surface area (TPSA) is 109 Å². The zero-order valence-electron chi connectivity index (χ0n) is 16.1. The van der Waals surface area contributed by atoms with Crippen LogP contribution in [0.25, 0.3) is 10.2 Å². The molecule has 3 aromatic heterocycles. The minimum absolute atomic E-state index is 0.259. The van der Waals surface area contributed by atoms with Gasteiger partial charge in [-0.15, -0.1) is 11.3 Å². The van der Waals surface area contributed by atoms with Crippen LogP contribution < -0.4 is 10.6 Å². The van der Waals surface area contributed by atoms with E-state index in [1.165, 1.54) is 0 Å². The number of ether oxygens (including phenoxy) is 3. The van der Waals surface area contributed by atoms with Crippen LogP contribution in [0.3, 0.4) is 0 Å². The van der Waals surface area contributed by atoms with Gasteiger partial charge in [0.05, 0.1) is 36.6 Å². The summed E-state index contributed by atoms with van der Waals surface area (Å²) in [4.78, 5) is 21.3. The van der Waals surface area contributed by atoms with Crippen molar-refractivity contribution in [1.29, 1.82) is 0 Å². The lowest BCUT2D eigenvalue weighted by atomic mass is 10.00. The normalized spacial score (nSPS) is 18.7. The third-order valence-electron chi connectivity index (χ3n) is 5.31. The lowest BCUT2D eigenvalue weighted by Gasteiger charge is -2.39. The van der Waals surface area contributed by atoms with Crippen LogP contribution in [0.1, 0.15) is 16.3 Å². The van der Waals surface area contributed by atoms with Crippen LogP contribution in [0, 0.1) is 0 Å². The highest BCUT2D eigenvalue weighted by molar-refractivity contribution is 7.19. The molecule has 2 fully saturated rings. The Balaban J connectivity index is 1.57. The van der Waals surface area contributed by atoms with E-state index < -0.39 is 0 Å². The fraction of sp³-hybridized carbons (Fsp3) is 0.474. The van der Waals surface area contributed by atoms with E-state index in [9.17, 15) is 0 Å². The van der Waals surface area contributed by atoms with Crippen molar-refractivity contribution < 1.29 is 14.2 Å². The number of rotatable bonds is 5. The van der Waals surface area contributed by atoms with Gasteiger partial charge in [-0.1, -0.05) is 0 Å². The Morgan fingerprint density at radius 1 is 1.17 bits per heavy atom. The molecular weight excluding hydrogens is 392 g/mol. The number of anilines is 2. The molecule has 29 heavy (non-hydrogen) atoms. The lowest BCUT2D eigenvalue weighted by molar-refractivity contribution is -0.200. The third kappa shape index (κ3) is 3.42. The maximum atomic E-state index is 5.79. The molecular formula is C19H22N6O3S. The van der Waals surface area contributed by atoms with Crippen molar-refractivity contribution in [3.8, 4) is 0 Å². The Morgan fingerprint density at radius 2 is 1.93 bits per heavy atom. The third-order valence-corrected chi connectivity index (χ3v) is 6.61. The first kappa shape index (κ1) is 18.6. The molecule has 0 aliphatic carbocycles. The van der Waals surface area contributed by atoms with E-state index in [0.717, 1.165) is 45.4 Å². The first-order valence-corrected chi connectivity index (χ1v) is 10.3. The number of thiophene rings is 1. The number of fused-ring (bicyclic) bond motifs is 1. The van der Waals surface area contributed by atoms with Crippen LogP contribution in [-0.4, -0.2) is 66.6 Å². The monoisotopic (exact) mass is 414 g/mol. The maximum absolute atomic E-state index is 5.79. The summed E-state index contributed by atoms with van der Waals surface area (Å²) in [6, 6.07) is 2.11. The number of morpholine rings is 1. The van der Waals surface area contributed by atoms with E-state index in [2.05, 4.69) is 20.9 Å². The summed E-state index contributed by atoms with van der Waals surface area (Å²) in [5.74, 6) is 1.94. The molecule has 0 amide bonds. The van der Waals surface area contributed by atoms with Crippen LogP contribution in [0.15, 0.2) is 18.5 Å². The molecule has 152 valence electrons. The summed E-state index contributed by atoms with van der Waals surface area (Å²) in [7, 11) is 1.73. The van der Waals surface area contributed by atoms with E-state index >= 15 is 0 Å². The van der Waals surface area contributed by atoms with Crippen molar-refractivity contribution in [3.63, 3.8) is 0 Å². The summed E-state index contributed by atoms with van der Waals surface area (Å²) >= 11 is 1.69. The molecule has 5 heterocycles. The van der Waals surface area contributed by atoms with E-state index in [0.29, 0.717) is 32.8 Å². The minimum Gasteiger partial charge on any atom is -0.378 e. The standard InChI is InChI=1S/C19H22N6O3S/c1-26-19(10-28-11-19)14-7-13-16(29-14)17(25-2-4-27-5-3-25)24-15(23-13)6-12-8-21-18(20)22-9-12/h7-9H,2-6,10-11H2,1H3,(H2,20,21,22). The predicted octanol–water partition coefficient (Wildman–Crippen LogP) is 1.36. The summed E-state index contributed by atoms with van der Waals surface area (Å²) in [5.41, 5.74) is 7.07. The smallest absolute Gasteiger partial charge is 0.219 e. The molecule has 0 atom stereocenters. The number of nitrogen functional groups attached to an aromatic ring is 1. The molecule has 9 nitrogen and oxygen atoms in total. The van der Waals surface area contributed by atoms with Crippen molar-refractivity contribution in [2.24, 2.45) is 0 Å². The van der Waals surface area contributed by atoms with Crippen molar-refractivity contribution in [3.05, 3.63) is 34.7 Å². The Kier molecular flexibility index (Phi) is 4.78. The fourth-order valence-electron chi connectivity index (χ4n) is 3.54. The SMILES string of the molecule is COC1(c2cc3nc(Cc4cnc(N)nc4)nc(N4CCOCC4)c3s2)COC1. The molecule has 3 aromatic rings. The van der Waals surface area contributed by atoms with E-state index in [1.807, 2.05) is 0 Å². The number of aromatic nitrogens is 4. The van der Waals surface area contributed by atoms with Crippen molar-refractivity contribution >= 4 is 33.3 Å². The highest BCUT2D eigenvalue weighted by atomic mass is 32.1. The van der Waals surface area contributed by atoms with Gasteiger partial charge < -0.3 is 24.8 Å². The van der Waals surface area contributed by atoms with Gasteiger partial charge in [-0.05, 0) is 11.6 Å². The molecule has 0 aromatic carbocycles. The van der Waals surface area contributed by atoms with Crippen molar-refractivity contribution in [2.75, 3.05) is 57.3 Å². The van der Waals surface area contributed by atoms with Crippen LogP contribution in [0.4, 0.5) is 11.8 Å². The summed E-state index contributed by atoms with van der Waals surface area (Å²) < 4.78 is 17.8. The summed E-state index contributed by atoms with van der Waals surface area (Å²) in [6.45, 7) is 4.13. The second kappa shape index (κ2) is 7.45. The van der Waals surface area contributed by atoms with Crippen LogP contribution >= 0.6 is 11.3 Å². The molecule has 2 N–H and O–H groups in total. The summed E-state index contributed by atoms with van der Waals surface area (Å²) in [6.07, 6.45) is 3.97. The van der Waals surface area contributed by atoms with Crippen LogP contribution in [0.2, 0.25) is 0 Å². The number of hydrogen-bond donors (Lipinski definition) is 1. The molecule has 0 bridgehead atoms. The van der Waals surface area contributed by atoms with Gasteiger partial charge in [0.25, 0.3) is 0 Å². The van der Waals surface area contributed by atoms with Gasteiger partial charge in [0.2, 0.25) is 5.95 Å². The average molecular weight is 414 g/mol. The zero-order chi connectivity index (χ0) is 19.8. The lowest BCUT2D eigenvalue weighted by Crippen LogP contribution is -2.47. The molecule has 5 rings (SSSR count). The minimum atomic E-state index is -0.376. The van der Waals surface area contributed by atoms with Gasteiger partial charge in [-0.2, -0.15) is 0 Å². The van der Waals surface area contributed by atoms with Gasteiger partial charge in [-0.3, -0.25) is 0 Å². The van der Waals surface area contributed by atoms with E-state index in [4.69, 9.17) is 29.9 Å². The largest absolute Gasteiger partial charge is 0.378 e. The maximum Gasteiger partial charge on any atom is 0.219 e. The number of hydrogen-bond acceptors (Lipinski definition) is 10. The second-order valence-corrected chi connectivity index (χ2v) is 8.26. The molecule has 0 spiro atoms. The van der Waals surface area contributed by atoms with Crippen molar-refractivity contribution in [2.45, 2.75) is 12.0 Å². The first-order valence-electron chi connectivity index (χ1n) is 9.50. The Morgan fingerprint density at radius 3 is 2.59 bits per heavy atom. The summed E-state index contributed by atoms with van der Waals surface area (Å²) in [5, 5.41) is 0. The van der Waals surface area contributed by atoms with Gasteiger partial charge in [0.15, 0.2) is 5.82 Å². The quantitative estimate of drug-likeness (QED) is 0.662. The second-order valence-electron chi connectivity index (χ2n) is 7.21. The Labute approximate surface area is 171 Å². The van der Waals surface area contributed by atoms with Gasteiger partial charge >= 0.3 is 0 Å². The predicted molar refractivity (Wildman–Crippen MR) is 109 cm³/mol. The number of methoxy groups -OCH3 is 1. The van der Waals surface area contributed by atoms with Gasteiger partial charge in [0, 0.05) is 43.9 Å². The highest BCUT2D eigenvalue weighted by Gasteiger charge is 2.42. The highest BCUT2D eigenvalue weighted by Crippen LogP contribution is 2.42. The molecule has 2 aliphatic heterocycles. The molecule has 0 radical (unpaired) electrons. The molecule has 2 saturated heterocycles. The zero-order valence-corrected chi connectivity index (χ0v) is 16.9. The average Bonchev–Trinajstić information content (AvgIpc) is 3.13. The number of nitrogens with zero attached hydrogens (tertiary/aromatic N) is 5. The molecule has 2 aliphatic rings. The Hall–Kier alpha value is -2.40. The molecule has 0 unspecified atom stereocenters. The van der Waals surface area contributed by atoms with Crippen LogP contribution in [0.5, 0.6) is 0 Å². The molecule has 0 saturated carbocycles. The van der Waals surface area contributed by atoms with Gasteiger partial charge in [-0.25, -0.2) is 19.9 Å². The van der Waals surface area contributed by atoms with E-state index in [1.54, 1.807) is 30.8 Å².